The number of piperidine rings is 1. The number of nitrogens with two attached hydrogens (primary N) is 1. The van der Waals surface area contributed by atoms with E-state index in [0.29, 0.717) is 18.0 Å². The van der Waals surface area contributed by atoms with E-state index in [1.165, 1.54) is 36.9 Å². The van der Waals surface area contributed by atoms with E-state index in [-0.39, 0.29) is 0 Å². The smallest absolute Gasteiger partial charge is 0.0345 e. The summed E-state index contributed by atoms with van der Waals surface area (Å²) in [7, 11) is 0. The minimum atomic E-state index is 0.317. The lowest BCUT2D eigenvalue weighted by Gasteiger charge is -2.39. The molecule has 0 bridgehead atoms. The summed E-state index contributed by atoms with van der Waals surface area (Å²) in [6.07, 6.45) is 4.87. The van der Waals surface area contributed by atoms with Crippen LogP contribution in [0.15, 0.2) is 24.3 Å². The van der Waals surface area contributed by atoms with Crippen LogP contribution in [0.25, 0.3) is 0 Å². The molecule has 2 N–H and O–H groups in total. The zero-order valence-corrected chi connectivity index (χ0v) is 13.3. The molecule has 20 heavy (non-hydrogen) atoms. The Labute approximate surface area is 124 Å². The van der Waals surface area contributed by atoms with E-state index in [4.69, 9.17) is 5.73 Å². The highest BCUT2D eigenvalue weighted by Crippen LogP contribution is 2.30. The molecule has 1 aromatic rings. The highest BCUT2D eigenvalue weighted by molar-refractivity contribution is 5.25. The van der Waals surface area contributed by atoms with Crippen molar-refractivity contribution in [2.24, 2.45) is 11.7 Å². The van der Waals surface area contributed by atoms with Gasteiger partial charge in [-0.15, -0.1) is 0 Å². The minimum Gasteiger partial charge on any atom is -0.328 e. The predicted molar refractivity (Wildman–Crippen MR) is 86.8 cm³/mol. The summed E-state index contributed by atoms with van der Waals surface area (Å²) < 4.78 is 0. The third kappa shape index (κ3) is 3.62. The molecule has 1 fully saturated rings. The van der Waals surface area contributed by atoms with Gasteiger partial charge in [0.05, 0.1) is 0 Å². The Morgan fingerprint density at radius 3 is 2.50 bits per heavy atom. The number of rotatable bonds is 5. The normalized spacial score (nSPS) is 23.5. The first-order valence-corrected chi connectivity index (χ1v) is 8.24. The Bertz CT molecular complexity index is 396. The molecule has 1 saturated heterocycles. The zero-order chi connectivity index (χ0) is 14.5. The quantitative estimate of drug-likeness (QED) is 0.886. The van der Waals surface area contributed by atoms with Crippen LogP contribution in [0.1, 0.15) is 57.2 Å². The second-order valence-corrected chi connectivity index (χ2v) is 6.28. The molecular formula is C18H30N2. The molecule has 1 aliphatic rings. The number of hydrogen-bond acceptors (Lipinski definition) is 2. The fourth-order valence-corrected chi connectivity index (χ4v) is 3.43. The molecule has 0 spiro atoms. The number of benzene rings is 1. The predicted octanol–water partition coefficient (Wildman–Crippen LogP) is 3.76. The van der Waals surface area contributed by atoms with Gasteiger partial charge < -0.3 is 5.73 Å². The summed E-state index contributed by atoms with van der Waals surface area (Å²) in [5.41, 5.74) is 9.02. The van der Waals surface area contributed by atoms with E-state index in [1.54, 1.807) is 0 Å². The van der Waals surface area contributed by atoms with Gasteiger partial charge in [-0.3, -0.25) is 4.90 Å². The molecule has 0 radical (unpaired) electrons. The monoisotopic (exact) mass is 274 g/mol. The lowest BCUT2D eigenvalue weighted by Crippen LogP contribution is -2.43. The summed E-state index contributed by atoms with van der Waals surface area (Å²) in [5.74, 6) is 0.660. The SMILES string of the molecule is CCc1ccc(C(CC)N2CCCC(C(C)N)C2)cc1. The summed E-state index contributed by atoms with van der Waals surface area (Å²) in [5, 5.41) is 0. The van der Waals surface area contributed by atoms with Crippen LogP contribution in [-0.2, 0) is 6.42 Å². The van der Waals surface area contributed by atoms with Crippen molar-refractivity contribution in [2.75, 3.05) is 13.1 Å². The van der Waals surface area contributed by atoms with Gasteiger partial charge in [0.1, 0.15) is 0 Å². The number of nitrogens with zero attached hydrogens (tertiary/aromatic N) is 1. The number of hydrogen-bond donors (Lipinski definition) is 1. The fraction of sp³-hybridized carbons (Fsp3) is 0.667. The van der Waals surface area contributed by atoms with Crippen molar-refractivity contribution < 1.29 is 0 Å². The highest BCUT2D eigenvalue weighted by atomic mass is 15.2. The van der Waals surface area contributed by atoms with Crippen LogP contribution in [-0.4, -0.2) is 24.0 Å². The Kier molecular flexibility index (Phi) is 5.62. The van der Waals surface area contributed by atoms with Gasteiger partial charge in [0.15, 0.2) is 0 Å². The Morgan fingerprint density at radius 1 is 1.25 bits per heavy atom. The maximum atomic E-state index is 6.12. The van der Waals surface area contributed by atoms with Gasteiger partial charge in [0.25, 0.3) is 0 Å². The van der Waals surface area contributed by atoms with E-state index < -0.39 is 0 Å². The second kappa shape index (κ2) is 7.24. The maximum Gasteiger partial charge on any atom is 0.0345 e. The van der Waals surface area contributed by atoms with Crippen molar-refractivity contribution in [1.29, 1.82) is 0 Å². The van der Waals surface area contributed by atoms with Crippen molar-refractivity contribution in [2.45, 2.75) is 58.5 Å². The Morgan fingerprint density at radius 2 is 1.95 bits per heavy atom. The maximum absolute atomic E-state index is 6.12. The average Bonchev–Trinajstić information content (AvgIpc) is 2.49. The van der Waals surface area contributed by atoms with Crippen molar-refractivity contribution >= 4 is 0 Å². The zero-order valence-electron chi connectivity index (χ0n) is 13.3. The van der Waals surface area contributed by atoms with Gasteiger partial charge in [-0.1, -0.05) is 38.1 Å². The number of likely N-dealkylation sites (tertiary alicyclic amines) is 1. The molecule has 0 aliphatic carbocycles. The Hall–Kier alpha value is -0.860. The molecule has 2 heteroatoms. The van der Waals surface area contributed by atoms with E-state index >= 15 is 0 Å². The Balaban J connectivity index is 2.10. The van der Waals surface area contributed by atoms with Crippen LogP contribution in [0.4, 0.5) is 0 Å². The fourth-order valence-electron chi connectivity index (χ4n) is 3.43. The molecule has 0 aromatic heterocycles. The van der Waals surface area contributed by atoms with Gasteiger partial charge in [0.2, 0.25) is 0 Å². The van der Waals surface area contributed by atoms with E-state index in [2.05, 4.69) is 49.9 Å². The van der Waals surface area contributed by atoms with Crippen molar-refractivity contribution in [1.82, 2.24) is 4.90 Å². The molecule has 1 aromatic carbocycles. The molecule has 0 amide bonds. The topological polar surface area (TPSA) is 29.3 Å². The molecule has 3 unspecified atom stereocenters. The molecule has 3 atom stereocenters. The van der Waals surface area contributed by atoms with Crippen LogP contribution in [0.3, 0.4) is 0 Å². The van der Waals surface area contributed by atoms with Crippen molar-refractivity contribution in [3.05, 3.63) is 35.4 Å². The van der Waals surface area contributed by atoms with Gasteiger partial charge in [-0.05, 0) is 56.2 Å². The van der Waals surface area contributed by atoms with Gasteiger partial charge in [0, 0.05) is 18.6 Å². The summed E-state index contributed by atoms with van der Waals surface area (Å²) >= 11 is 0. The molecule has 0 saturated carbocycles. The van der Waals surface area contributed by atoms with Crippen LogP contribution in [0.5, 0.6) is 0 Å². The van der Waals surface area contributed by atoms with Gasteiger partial charge >= 0.3 is 0 Å². The first kappa shape index (κ1) is 15.5. The van der Waals surface area contributed by atoms with Crippen LogP contribution in [0.2, 0.25) is 0 Å². The van der Waals surface area contributed by atoms with Crippen molar-refractivity contribution in [3.63, 3.8) is 0 Å². The standard InChI is InChI=1S/C18H30N2/c1-4-15-8-10-16(11-9-15)18(5-2)20-12-6-7-17(13-20)14(3)19/h8-11,14,17-18H,4-7,12-13,19H2,1-3H3. The summed E-state index contributed by atoms with van der Waals surface area (Å²) in [6.45, 7) is 9.05. The first-order valence-electron chi connectivity index (χ1n) is 8.24. The largest absolute Gasteiger partial charge is 0.328 e. The van der Waals surface area contributed by atoms with Crippen LogP contribution in [0, 0.1) is 5.92 Å². The minimum absolute atomic E-state index is 0.317. The van der Waals surface area contributed by atoms with E-state index in [1.807, 2.05) is 0 Å². The molecule has 112 valence electrons. The molecular weight excluding hydrogens is 244 g/mol. The third-order valence-corrected chi connectivity index (χ3v) is 4.83. The van der Waals surface area contributed by atoms with E-state index in [9.17, 15) is 0 Å². The number of aryl methyl sites for hydroxylation is 1. The lowest BCUT2D eigenvalue weighted by atomic mass is 9.89. The second-order valence-electron chi connectivity index (χ2n) is 6.28. The van der Waals surface area contributed by atoms with Crippen LogP contribution < -0.4 is 5.73 Å². The first-order chi connectivity index (χ1) is 9.65. The highest BCUT2D eigenvalue weighted by Gasteiger charge is 2.27. The van der Waals surface area contributed by atoms with Gasteiger partial charge in [-0.25, -0.2) is 0 Å². The average molecular weight is 274 g/mol. The lowest BCUT2D eigenvalue weighted by molar-refractivity contribution is 0.110. The third-order valence-electron chi connectivity index (χ3n) is 4.83. The summed E-state index contributed by atoms with van der Waals surface area (Å²) in [6, 6.07) is 10.1. The van der Waals surface area contributed by atoms with E-state index in [0.717, 1.165) is 13.0 Å². The van der Waals surface area contributed by atoms with Crippen LogP contribution >= 0.6 is 0 Å². The summed E-state index contributed by atoms with van der Waals surface area (Å²) in [4.78, 5) is 2.65. The van der Waals surface area contributed by atoms with Gasteiger partial charge in [-0.2, -0.15) is 0 Å². The van der Waals surface area contributed by atoms with Crippen molar-refractivity contribution in [3.8, 4) is 0 Å². The molecule has 1 heterocycles. The molecule has 1 aliphatic heterocycles. The molecule has 2 nitrogen and oxygen atoms in total. The molecule has 2 rings (SSSR count).